The van der Waals surface area contributed by atoms with Gasteiger partial charge in [-0.15, -0.1) is 0 Å². The van der Waals surface area contributed by atoms with E-state index in [0.717, 1.165) is 18.6 Å². The molecule has 6 nitrogen and oxygen atoms in total. The number of hydrogen-bond acceptors (Lipinski definition) is 5. The zero-order valence-electron chi connectivity index (χ0n) is 18.1. The minimum Gasteiger partial charge on any atom is -0.497 e. The Morgan fingerprint density at radius 1 is 1.19 bits per heavy atom. The van der Waals surface area contributed by atoms with Crippen LogP contribution in [-0.2, 0) is 9.47 Å². The van der Waals surface area contributed by atoms with Crippen LogP contribution in [-0.4, -0.2) is 52.2 Å². The molecule has 166 valence electrons. The summed E-state index contributed by atoms with van der Waals surface area (Å²) in [6.07, 6.45) is 0.998. The van der Waals surface area contributed by atoms with E-state index < -0.39 is 6.09 Å². The van der Waals surface area contributed by atoms with Gasteiger partial charge in [0.1, 0.15) is 17.7 Å². The number of ether oxygens (including phenoxy) is 3. The van der Waals surface area contributed by atoms with Crippen LogP contribution in [0.5, 0.6) is 5.75 Å². The SMILES string of the molecule is COc1cccc([C@H](C)CC[C@@H]2CN(c3ccc(N4CCOCC4)c(F)c3)C(=O)O2)c1. The van der Waals surface area contributed by atoms with Crippen molar-refractivity contribution in [3.8, 4) is 5.75 Å². The number of carbonyl (C=O) groups is 1. The monoisotopic (exact) mass is 428 g/mol. The van der Waals surface area contributed by atoms with Gasteiger partial charge in [-0.2, -0.15) is 0 Å². The van der Waals surface area contributed by atoms with Gasteiger partial charge in [0.2, 0.25) is 0 Å². The van der Waals surface area contributed by atoms with Gasteiger partial charge in [0, 0.05) is 13.1 Å². The number of anilines is 2. The van der Waals surface area contributed by atoms with E-state index in [2.05, 4.69) is 13.0 Å². The Hall–Kier alpha value is -2.80. The highest BCUT2D eigenvalue weighted by atomic mass is 19.1. The summed E-state index contributed by atoms with van der Waals surface area (Å²) in [5.41, 5.74) is 2.27. The standard InChI is InChI=1S/C24H29FN2O4/c1-17(18-4-3-5-20(14-18)29-2)6-8-21-16-27(24(28)31-21)19-7-9-23(22(25)15-19)26-10-12-30-13-11-26/h3-5,7,9,14-15,17,21H,6,8,10-13,16H2,1-2H3/t17-,21-/m1/s1. The number of benzene rings is 2. The number of halogens is 1. The van der Waals surface area contributed by atoms with Crippen LogP contribution in [0.1, 0.15) is 31.2 Å². The molecule has 0 saturated carbocycles. The molecule has 2 fully saturated rings. The van der Waals surface area contributed by atoms with Crippen molar-refractivity contribution in [3.63, 3.8) is 0 Å². The molecule has 0 N–H and O–H groups in total. The summed E-state index contributed by atoms with van der Waals surface area (Å²) in [6, 6.07) is 13.0. The zero-order chi connectivity index (χ0) is 21.8. The van der Waals surface area contributed by atoms with Crippen LogP contribution in [0.4, 0.5) is 20.6 Å². The fourth-order valence-electron chi connectivity index (χ4n) is 4.16. The van der Waals surface area contributed by atoms with Crippen molar-refractivity contribution in [2.24, 2.45) is 0 Å². The average molecular weight is 429 g/mol. The Balaban J connectivity index is 1.36. The van der Waals surface area contributed by atoms with Crippen LogP contribution in [0.2, 0.25) is 0 Å². The predicted octanol–water partition coefficient (Wildman–Crippen LogP) is 4.58. The first-order valence-electron chi connectivity index (χ1n) is 10.8. The van der Waals surface area contributed by atoms with Gasteiger partial charge in [0.25, 0.3) is 0 Å². The number of amides is 1. The van der Waals surface area contributed by atoms with Crippen LogP contribution in [0, 0.1) is 5.82 Å². The maximum atomic E-state index is 14.7. The lowest BCUT2D eigenvalue weighted by Crippen LogP contribution is -2.36. The molecule has 2 aromatic carbocycles. The summed E-state index contributed by atoms with van der Waals surface area (Å²) >= 11 is 0. The third-order valence-electron chi connectivity index (χ3n) is 6.05. The quantitative estimate of drug-likeness (QED) is 0.646. The van der Waals surface area contributed by atoms with Crippen molar-refractivity contribution < 1.29 is 23.4 Å². The number of cyclic esters (lactones) is 1. The topological polar surface area (TPSA) is 51.2 Å². The Bertz CT molecular complexity index is 916. The highest BCUT2D eigenvalue weighted by molar-refractivity contribution is 5.90. The first-order chi connectivity index (χ1) is 15.0. The Morgan fingerprint density at radius 2 is 2.00 bits per heavy atom. The summed E-state index contributed by atoms with van der Waals surface area (Å²) < 4.78 is 30.9. The minimum atomic E-state index is -0.419. The Labute approximate surface area is 182 Å². The van der Waals surface area contributed by atoms with Crippen molar-refractivity contribution in [1.29, 1.82) is 0 Å². The van der Waals surface area contributed by atoms with Gasteiger partial charge in [-0.25, -0.2) is 9.18 Å². The van der Waals surface area contributed by atoms with Crippen LogP contribution >= 0.6 is 0 Å². The molecule has 2 heterocycles. The van der Waals surface area contributed by atoms with Gasteiger partial charge in [-0.05, 0) is 54.7 Å². The molecule has 0 unspecified atom stereocenters. The fraction of sp³-hybridized carbons (Fsp3) is 0.458. The van der Waals surface area contributed by atoms with E-state index in [1.54, 1.807) is 19.2 Å². The second-order valence-electron chi connectivity index (χ2n) is 8.11. The second kappa shape index (κ2) is 9.56. The molecule has 0 spiro atoms. The summed E-state index contributed by atoms with van der Waals surface area (Å²) in [5, 5.41) is 0. The molecule has 2 atom stereocenters. The lowest BCUT2D eigenvalue weighted by molar-refractivity contribution is 0.122. The minimum absolute atomic E-state index is 0.206. The van der Waals surface area contributed by atoms with Gasteiger partial charge in [0.05, 0.1) is 38.2 Å². The second-order valence-corrected chi connectivity index (χ2v) is 8.11. The van der Waals surface area contributed by atoms with Crippen molar-refractivity contribution in [2.45, 2.75) is 31.8 Å². The highest BCUT2D eigenvalue weighted by Gasteiger charge is 2.33. The molecule has 7 heteroatoms. The molecule has 31 heavy (non-hydrogen) atoms. The van der Waals surface area contributed by atoms with Gasteiger partial charge in [0.15, 0.2) is 0 Å². The van der Waals surface area contributed by atoms with E-state index in [4.69, 9.17) is 14.2 Å². The summed E-state index contributed by atoms with van der Waals surface area (Å²) in [4.78, 5) is 15.9. The molecular formula is C24H29FN2O4. The number of rotatable bonds is 7. The first kappa shape index (κ1) is 21.4. The molecule has 0 radical (unpaired) electrons. The van der Waals surface area contributed by atoms with Crippen molar-refractivity contribution in [1.82, 2.24) is 0 Å². The van der Waals surface area contributed by atoms with E-state index in [0.29, 0.717) is 50.1 Å². The number of morpholine rings is 1. The van der Waals surface area contributed by atoms with E-state index in [-0.39, 0.29) is 11.9 Å². The molecule has 4 rings (SSSR count). The maximum absolute atomic E-state index is 14.7. The van der Waals surface area contributed by atoms with Crippen LogP contribution in [0.3, 0.4) is 0 Å². The molecule has 2 saturated heterocycles. The first-order valence-corrected chi connectivity index (χ1v) is 10.8. The summed E-state index contributed by atoms with van der Waals surface area (Å²) in [5.74, 6) is 0.820. The summed E-state index contributed by atoms with van der Waals surface area (Å²) in [6.45, 7) is 5.10. The molecule has 1 amide bonds. The van der Waals surface area contributed by atoms with Crippen LogP contribution in [0.25, 0.3) is 0 Å². The van der Waals surface area contributed by atoms with Crippen LogP contribution < -0.4 is 14.5 Å². The van der Waals surface area contributed by atoms with Gasteiger partial charge >= 0.3 is 6.09 Å². The van der Waals surface area contributed by atoms with Gasteiger partial charge < -0.3 is 19.1 Å². The number of carbonyl (C=O) groups excluding carboxylic acids is 1. The molecule has 0 aliphatic carbocycles. The number of hydrogen-bond donors (Lipinski definition) is 0. The molecule has 0 aromatic heterocycles. The van der Waals surface area contributed by atoms with Crippen molar-refractivity contribution in [2.75, 3.05) is 49.8 Å². The Morgan fingerprint density at radius 3 is 2.74 bits per heavy atom. The number of nitrogens with zero attached hydrogens (tertiary/aromatic N) is 2. The lowest BCUT2D eigenvalue weighted by atomic mass is 9.94. The van der Waals surface area contributed by atoms with E-state index >= 15 is 0 Å². The number of methoxy groups -OCH3 is 1. The van der Waals surface area contributed by atoms with E-state index in [1.807, 2.05) is 23.1 Å². The molecule has 0 bridgehead atoms. The van der Waals surface area contributed by atoms with Gasteiger partial charge in [-0.3, -0.25) is 4.90 Å². The largest absolute Gasteiger partial charge is 0.497 e. The highest BCUT2D eigenvalue weighted by Crippen LogP contribution is 2.31. The third-order valence-corrected chi connectivity index (χ3v) is 6.05. The molecular weight excluding hydrogens is 399 g/mol. The molecule has 2 aromatic rings. The van der Waals surface area contributed by atoms with E-state index in [9.17, 15) is 9.18 Å². The normalized spacial score (nSPS) is 20.0. The van der Waals surface area contributed by atoms with Gasteiger partial charge in [-0.1, -0.05) is 19.1 Å². The molecule has 2 aliphatic heterocycles. The van der Waals surface area contributed by atoms with E-state index in [1.165, 1.54) is 16.5 Å². The zero-order valence-corrected chi connectivity index (χ0v) is 18.1. The lowest BCUT2D eigenvalue weighted by Gasteiger charge is -2.29. The fourth-order valence-corrected chi connectivity index (χ4v) is 4.16. The van der Waals surface area contributed by atoms with Crippen molar-refractivity contribution in [3.05, 3.63) is 53.8 Å². The maximum Gasteiger partial charge on any atom is 0.414 e. The summed E-state index contributed by atoms with van der Waals surface area (Å²) in [7, 11) is 1.66. The third kappa shape index (κ3) is 4.93. The van der Waals surface area contributed by atoms with Crippen molar-refractivity contribution >= 4 is 17.5 Å². The average Bonchev–Trinajstić information content (AvgIpc) is 3.18. The molecule has 2 aliphatic rings. The predicted molar refractivity (Wildman–Crippen MR) is 118 cm³/mol. The van der Waals surface area contributed by atoms with Crippen LogP contribution in [0.15, 0.2) is 42.5 Å². The Kier molecular flexibility index (Phi) is 6.61. The smallest absolute Gasteiger partial charge is 0.414 e.